The van der Waals surface area contributed by atoms with Gasteiger partial charge >= 0.3 is 6.09 Å². The third-order valence-electron chi connectivity index (χ3n) is 2.69. The van der Waals surface area contributed by atoms with Crippen LogP contribution < -0.4 is 10.2 Å². The van der Waals surface area contributed by atoms with Crippen molar-refractivity contribution in [1.82, 2.24) is 15.3 Å². The minimum Gasteiger partial charge on any atom is -0.453 e. The molecule has 1 aliphatic rings. The second-order valence-corrected chi connectivity index (χ2v) is 5.07. The molecule has 0 aromatic carbocycles. The van der Waals surface area contributed by atoms with Gasteiger partial charge in [0.1, 0.15) is 5.82 Å². The lowest BCUT2D eigenvalue weighted by Crippen LogP contribution is -2.37. The molecule has 1 saturated heterocycles. The van der Waals surface area contributed by atoms with Crippen molar-refractivity contribution >= 4 is 39.4 Å². The van der Waals surface area contributed by atoms with Crippen LogP contribution in [0.4, 0.5) is 10.6 Å². The predicted octanol–water partition coefficient (Wildman–Crippen LogP) is 1.83. The molecule has 8 heteroatoms. The van der Waals surface area contributed by atoms with Crippen LogP contribution in [0.25, 0.3) is 0 Å². The molecule has 0 spiro atoms. The molecule has 2 heterocycles. The van der Waals surface area contributed by atoms with E-state index in [-0.39, 0.29) is 11.3 Å². The van der Waals surface area contributed by atoms with E-state index in [0.29, 0.717) is 6.54 Å². The summed E-state index contributed by atoms with van der Waals surface area (Å²) < 4.78 is 5.35. The number of carbonyl (C=O) groups excluding carboxylic acids is 1. The van der Waals surface area contributed by atoms with Gasteiger partial charge in [0, 0.05) is 19.3 Å². The van der Waals surface area contributed by atoms with E-state index in [0.717, 1.165) is 23.3 Å². The monoisotopic (exact) mass is 334 g/mol. The van der Waals surface area contributed by atoms with Gasteiger partial charge in [-0.3, -0.25) is 0 Å². The fraction of sp³-hybridized carbons (Fsp3) is 0.500. The Labute approximate surface area is 118 Å². The van der Waals surface area contributed by atoms with Crippen LogP contribution in [0.15, 0.2) is 10.7 Å². The molecule has 1 aromatic heterocycles. The lowest BCUT2D eigenvalue weighted by Gasteiger charge is -2.18. The topological polar surface area (TPSA) is 67.3 Å². The highest BCUT2D eigenvalue weighted by Gasteiger charge is 2.26. The molecular weight excluding hydrogens is 323 g/mol. The van der Waals surface area contributed by atoms with E-state index in [2.05, 4.69) is 36.0 Å². The van der Waals surface area contributed by atoms with E-state index < -0.39 is 6.09 Å². The molecule has 18 heavy (non-hydrogen) atoms. The minimum atomic E-state index is -0.415. The minimum absolute atomic E-state index is 0.0538. The molecule has 2 rings (SSSR count). The van der Waals surface area contributed by atoms with Crippen molar-refractivity contribution in [3.8, 4) is 0 Å². The Bertz CT molecular complexity index is 460. The van der Waals surface area contributed by atoms with Crippen LogP contribution in [-0.2, 0) is 4.74 Å². The van der Waals surface area contributed by atoms with E-state index in [1.165, 1.54) is 7.11 Å². The number of ether oxygens (including phenoxy) is 1. The summed E-state index contributed by atoms with van der Waals surface area (Å²) in [5.74, 6) is 0.740. The predicted molar refractivity (Wildman–Crippen MR) is 70.9 cm³/mol. The van der Waals surface area contributed by atoms with E-state index in [1.807, 2.05) is 4.90 Å². The zero-order valence-electron chi connectivity index (χ0n) is 9.69. The number of halogens is 2. The molecule has 1 unspecified atom stereocenters. The molecule has 98 valence electrons. The van der Waals surface area contributed by atoms with Gasteiger partial charge in [-0.2, -0.15) is 4.98 Å². The number of nitrogens with zero attached hydrogens (tertiary/aromatic N) is 3. The number of rotatable bonds is 2. The van der Waals surface area contributed by atoms with Crippen LogP contribution in [0.5, 0.6) is 0 Å². The van der Waals surface area contributed by atoms with Crippen molar-refractivity contribution in [2.45, 2.75) is 12.5 Å². The van der Waals surface area contributed by atoms with E-state index >= 15 is 0 Å². The summed E-state index contributed by atoms with van der Waals surface area (Å²) in [5.41, 5.74) is 0. The average molecular weight is 336 g/mol. The quantitative estimate of drug-likeness (QED) is 0.835. The van der Waals surface area contributed by atoms with Gasteiger partial charge in [-0.15, -0.1) is 0 Å². The number of carbonyl (C=O) groups is 1. The second-order valence-electron chi connectivity index (χ2n) is 3.88. The number of anilines is 1. The maximum atomic E-state index is 11.1. The van der Waals surface area contributed by atoms with Crippen LogP contribution in [0.3, 0.4) is 0 Å². The summed E-state index contributed by atoms with van der Waals surface area (Å²) in [5, 5.41) is 2.97. The molecule has 0 saturated carbocycles. The van der Waals surface area contributed by atoms with Gasteiger partial charge in [-0.25, -0.2) is 9.78 Å². The van der Waals surface area contributed by atoms with Crippen LogP contribution in [0, 0.1) is 0 Å². The Morgan fingerprint density at radius 1 is 1.72 bits per heavy atom. The van der Waals surface area contributed by atoms with Gasteiger partial charge in [-0.1, -0.05) is 0 Å². The molecule has 0 radical (unpaired) electrons. The molecule has 1 aliphatic heterocycles. The summed E-state index contributed by atoms with van der Waals surface area (Å²) in [6.45, 7) is 1.46. The molecule has 0 bridgehead atoms. The van der Waals surface area contributed by atoms with Crippen LogP contribution in [-0.4, -0.2) is 42.3 Å². The van der Waals surface area contributed by atoms with Gasteiger partial charge in [-0.05, 0) is 34.0 Å². The summed E-state index contributed by atoms with van der Waals surface area (Å²) >= 11 is 9.17. The molecule has 0 aliphatic carbocycles. The summed E-state index contributed by atoms with van der Waals surface area (Å²) in [4.78, 5) is 21.2. The van der Waals surface area contributed by atoms with Gasteiger partial charge in [0.25, 0.3) is 0 Å². The number of alkyl carbamates (subject to hydrolysis) is 1. The first-order valence-electron chi connectivity index (χ1n) is 5.37. The average Bonchev–Trinajstić information content (AvgIpc) is 2.80. The molecule has 6 nitrogen and oxygen atoms in total. The van der Waals surface area contributed by atoms with E-state index in [9.17, 15) is 4.79 Å². The van der Waals surface area contributed by atoms with Gasteiger partial charge in [0.2, 0.25) is 5.28 Å². The zero-order chi connectivity index (χ0) is 13.1. The standard InChI is InChI=1S/C10H12BrClN4O2/c1-18-10(17)14-6-2-3-16(5-6)8-7(11)4-13-9(12)15-8/h4,6H,2-3,5H2,1H3,(H,14,17). The highest BCUT2D eigenvalue weighted by Crippen LogP contribution is 2.27. The molecule has 1 fully saturated rings. The lowest BCUT2D eigenvalue weighted by molar-refractivity contribution is 0.167. The maximum absolute atomic E-state index is 11.1. The van der Waals surface area contributed by atoms with Crippen molar-refractivity contribution in [1.29, 1.82) is 0 Å². The number of hydrogen-bond donors (Lipinski definition) is 1. The summed E-state index contributed by atoms with van der Waals surface area (Å²) in [7, 11) is 1.35. The third-order valence-corrected chi connectivity index (χ3v) is 3.43. The lowest BCUT2D eigenvalue weighted by atomic mass is 10.3. The Kier molecular flexibility index (Phi) is 4.23. The van der Waals surface area contributed by atoms with Crippen molar-refractivity contribution < 1.29 is 9.53 Å². The SMILES string of the molecule is COC(=O)NC1CCN(c2nc(Cl)ncc2Br)C1. The largest absolute Gasteiger partial charge is 0.453 e. The molecule has 1 amide bonds. The Morgan fingerprint density at radius 3 is 3.22 bits per heavy atom. The molecular formula is C10H12BrClN4O2. The van der Waals surface area contributed by atoms with Crippen LogP contribution >= 0.6 is 27.5 Å². The number of methoxy groups -OCH3 is 1. The van der Waals surface area contributed by atoms with Crippen LogP contribution in [0.2, 0.25) is 5.28 Å². The van der Waals surface area contributed by atoms with Crippen molar-refractivity contribution in [2.75, 3.05) is 25.1 Å². The number of aromatic nitrogens is 2. The first-order chi connectivity index (χ1) is 8.60. The first kappa shape index (κ1) is 13.4. The zero-order valence-corrected chi connectivity index (χ0v) is 12.0. The molecule has 1 aromatic rings. The van der Waals surface area contributed by atoms with E-state index in [4.69, 9.17) is 11.6 Å². The first-order valence-corrected chi connectivity index (χ1v) is 6.54. The van der Waals surface area contributed by atoms with Crippen molar-refractivity contribution in [2.24, 2.45) is 0 Å². The molecule has 1 atom stereocenters. The fourth-order valence-corrected chi connectivity index (χ4v) is 2.43. The normalized spacial score (nSPS) is 18.8. The van der Waals surface area contributed by atoms with Crippen LogP contribution in [0.1, 0.15) is 6.42 Å². The van der Waals surface area contributed by atoms with E-state index in [1.54, 1.807) is 6.20 Å². The highest BCUT2D eigenvalue weighted by molar-refractivity contribution is 9.10. The number of hydrogen-bond acceptors (Lipinski definition) is 5. The second kappa shape index (κ2) is 5.71. The fourth-order valence-electron chi connectivity index (χ4n) is 1.86. The van der Waals surface area contributed by atoms with Gasteiger partial charge < -0.3 is 15.0 Å². The van der Waals surface area contributed by atoms with Crippen molar-refractivity contribution in [3.63, 3.8) is 0 Å². The third kappa shape index (κ3) is 3.02. The Hall–Kier alpha value is -1.08. The van der Waals surface area contributed by atoms with Gasteiger partial charge in [0.05, 0.1) is 17.6 Å². The smallest absolute Gasteiger partial charge is 0.407 e. The van der Waals surface area contributed by atoms with Gasteiger partial charge in [0.15, 0.2) is 0 Å². The summed E-state index contributed by atoms with van der Waals surface area (Å²) in [6, 6.07) is 0.0538. The highest BCUT2D eigenvalue weighted by atomic mass is 79.9. The summed E-state index contributed by atoms with van der Waals surface area (Å²) in [6.07, 6.45) is 2.04. The van der Waals surface area contributed by atoms with Crippen molar-refractivity contribution in [3.05, 3.63) is 16.0 Å². The number of amides is 1. The maximum Gasteiger partial charge on any atom is 0.407 e. The molecule has 1 N–H and O–H groups in total. The number of nitrogens with one attached hydrogen (secondary N) is 1. The Balaban J connectivity index is 2.04. The Morgan fingerprint density at radius 2 is 2.50 bits per heavy atom.